The van der Waals surface area contributed by atoms with Gasteiger partial charge in [0.25, 0.3) is 0 Å². The Hall–Kier alpha value is -0.120. The Morgan fingerprint density at radius 2 is 2.25 bits per heavy atom. The number of nitrogens with one attached hydrogen (secondary N) is 1. The van der Waals surface area contributed by atoms with Crippen LogP contribution in [0.25, 0.3) is 0 Å². The van der Waals surface area contributed by atoms with Gasteiger partial charge in [-0.2, -0.15) is 0 Å². The van der Waals surface area contributed by atoms with Gasteiger partial charge in [0.15, 0.2) is 0 Å². The lowest BCUT2D eigenvalue weighted by atomic mass is 9.99. The molecule has 3 nitrogen and oxygen atoms in total. The standard InChI is InChI=1S/C13H26N2O/c1-2-14-13-6-3-7-15(10-13)9-12-5-4-8-16-11-12/h12-14H,2-11H2,1H3. The Bertz CT molecular complexity index is 190. The van der Waals surface area contributed by atoms with Crippen LogP contribution < -0.4 is 5.32 Å². The van der Waals surface area contributed by atoms with Crippen molar-refractivity contribution in [2.24, 2.45) is 5.92 Å². The van der Waals surface area contributed by atoms with Crippen molar-refractivity contribution in [1.29, 1.82) is 0 Å². The quantitative estimate of drug-likeness (QED) is 0.786. The third-order valence-corrected chi connectivity index (χ3v) is 3.77. The summed E-state index contributed by atoms with van der Waals surface area (Å²) < 4.78 is 5.56. The molecule has 2 atom stereocenters. The number of ether oxygens (including phenoxy) is 1. The number of rotatable bonds is 4. The molecule has 2 rings (SSSR count). The number of piperidine rings is 1. The smallest absolute Gasteiger partial charge is 0.0506 e. The van der Waals surface area contributed by atoms with Crippen LogP contribution in [-0.2, 0) is 4.74 Å². The number of hydrogen-bond acceptors (Lipinski definition) is 3. The minimum Gasteiger partial charge on any atom is -0.381 e. The molecule has 2 heterocycles. The summed E-state index contributed by atoms with van der Waals surface area (Å²) in [7, 11) is 0. The van der Waals surface area contributed by atoms with E-state index in [9.17, 15) is 0 Å². The molecule has 0 saturated carbocycles. The fraction of sp³-hybridized carbons (Fsp3) is 1.00. The summed E-state index contributed by atoms with van der Waals surface area (Å²) >= 11 is 0. The Morgan fingerprint density at radius 3 is 3.00 bits per heavy atom. The first-order valence-electron chi connectivity index (χ1n) is 6.92. The van der Waals surface area contributed by atoms with Crippen molar-refractivity contribution < 1.29 is 4.74 Å². The van der Waals surface area contributed by atoms with Gasteiger partial charge in [-0.1, -0.05) is 6.92 Å². The van der Waals surface area contributed by atoms with Gasteiger partial charge in [-0.25, -0.2) is 0 Å². The maximum Gasteiger partial charge on any atom is 0.0506 e. The second kappa shape index (κ2) is 6.58. The highest BCUT2D eigenvalue weighted by Gasteiger charge is 2.22. The molecule has 0 amide bonds. The van der Waals surface area contributed by atoms with Gasteiger partial charge in [-0.05, 0) is 44.7 Å². The molecule has 2 fully saturated rings. The summed E-state index contributed by atoms with van der Waals surface area (Å²) in [5.74, 6) is 0.786. The lowest BCUT2D eigenvalue weighted by Crippen LogP contribution is -2.47. The van der Waals surface area contributed by atoms with Gasteiger partial charge in [-0.15, -0.1) is 0 Å². The number of hydrogen-bond donors (Lipinski definition) is 1. The van der Waals surface area contributed by atoms with Crippen LogP contribution in [0.4, 0.5) is 0 Å². The number of likely N-dealkylation sites (N-methyl/N-ethyl adjacent to an activating group) is 1. The number of nitrogens with zero attached hydrogens (tertiary/aromatic N) is 1. The van der Waals surface area contributed by atoms with Crippen molar-refractivity contribution in [1.82, 2.24) is 10.2 Å². The van der Waals surface area contributed by atoms with Gasteiger partial charge in [0.2, 0.25) is 0 Å². The van der Waals surface area contributed by atoms with Crippen molar-refractivity contribution in [2.45, 2.75) is 38.6 Å². The SMILES string of the molecule is CCNC1CCCN(CC2CCCOC2)C1. The lowest BCUT2D eigenvalue weighted by molar-refractivity contribution is 0.0332. The Balaban J connectivity index is 1.71. The largest absolute Gasteiger partial charge is 0.381 e. The molecule has 16 heavy (non-hydrogen) atoms. The highest BCUT2D eigenvalue weighted by Crippen LogP contribution is 2.18. The van der Waals surface area contributed by atoms with Crippen molar-refractivity contribution in [3.05, 3.63) is 0 Å². The van der Waals surface area contributed by atoms with Gasteiger partial charge < -0.3 is 15.0 Å². The molecule has 1 N–H and O–H groups in total. The molecule has 3 heteroatoms. The molecule has 0 bridgehead atoms. The van der Waals surface area contributed by atoms with Crippen LogP contribution in [0.15, 0.2) is 0 Å². The summed E-state index contributed by atoms with van der Waals surface area (Å²) in [6.07, 6.45) is 5.33. The molecule has 0 aromatic rings. The molecule has 2 aliphatic heterocycles. The molecule has 0 aliphatic carbocycles. The molecular formula is C13H26N2O. The fourth-order valence-electron chi connectivity index (χ4n) is 2.99. The van der Waals surface area contributed by atoms with E-state index in [1.54, 1.807) is 0 Å². The molecular weight excluding hydrogens is 200 g/mol. The van der Waals surface area contributed by atoms with Crippen LogP contribution in [0, 0.1) is 5.92 Å². The van der Waals surface area contributed by atoms with E-state index in [0.717, 1.165) is 31.7 Å². The zero-order valence-electron chi connectivity index (χ0n) is 10.6. The van der Waals surface area contributed by atoms with Crippen LogP contribution in [0.3, 0.4) is 0 Å². The first-order valence-corrected chi connectivity index (χ1v) is 6.92. The normalized spacial score (nSPS) is 32.8. The summed E-state index contributed by atoms with van der Waals surface area (Å²) in [5.41, 5.74) is 0. The molecule has 2 unspecified atom stereocenters. The van der Waals surface area contributed by atoms with E-state index in [0.29, 0.717) is 0 Å². The van der Waals surface area contributed by atoms with Crippen molar-refractivity contribution in [2.75, 3.05) is 39.4 Å². The molecule has 0 aromatic carbocycles. The van der Waals surface area contributed by atoms with Crippen LogP contribution in [0.1, 0.15) is 32.6 Å². The second-order valence-electron chi connectivity index (χ2n) is 5.24. The van der Waals surface area contributed by atoms with E-state index >= 15 is 0 Å². The fourth-order valence-corrected chi connectivity index (χ4v) is 2.99. The first-order chi connectivity index (χ1) is 7.88. The van der Waals surface area contributed by atoms with E-state index in [2.05, 4.69) is 17.1 Å². The van der Waals surface area contributed by atoms with E-state index in [-0.39, 0.29) is 0 Å². The summed E-state index contributed by atoms with van der Waals surface area (Å²) in [5, 5.41) is 3.58. The predicted octanol–water partition coefficient (Wildman–Crippen LogP) is 1.49. The van der Waals surface area contributed by atoms with Crippen LogP contribution >= 0.6 is 0 Å². The highest BCUT2D eigenvalue weighted by molar-refractivity contribution is 4.79. The Kier molecular flexibility index (Phi) is 5.07. The van der Waals surface area contributed by atoms with E-state index in [1.807, 2.05) is 0 Å². The molecule has 94 valence electrons. The Labute approximate surface area is 99.5 Å². The predicted molar refractivity (Wildman–Crippen MR) is 66.7 cm³/mol. The lowest BCUT2D eigenvalue weighted by Gasteiger charge is -2.36. The summed E-state index contributed by atoms with van der Waals surface area (Å²) in [4.78, 5) is 2.64. The maximum absolute atomic E-state index is 5.56. The molecule has 0 aromatic heterocycles. The third-order valence-electron chi connectivity index (χ3n) is 3.77. The van der Waals surface area contributed by atoms with E-state index in [1.165, 1.54) is 45.3 Å². The second-order valence-corrected chi connectivity index (χ2v) is 5.24. The summed E-state index contributed by atoms with van der Waals surface area (Å²) in [6.45, 7) is 9.06. The first kappa shape index (κ1) is 12.3. The van der Waals surface area contributed by atoms with Crippen LogP contribution in [-0.4, -0.2) is 50.3 Å². The monoisotopic (exact) mass is 226 g/mol. The highest BCUT2D eigenvalue weighted by atomic mass is 16.5. The topological polar surface area (TPSA) is 24.5 Å². The van der Waals surface area contributed by atoms with E-state index in [4.69, 9.17) is 4.74 Å². The zero-order valence-corrected chi connectivity index (χ0v) is 10.6. The minimum atomic E-state index is 0.725. The van der Waals surface area contributed by atoms with Gasteiger partial charge >= 0.3 is 0 Å². The Morgan fingerprint density at radius 1 is 1.31 bits per heavy atom. The van der Waals surface area contributed by atoms with Crippen molar-refractivity contribution in [3.8, 4) is 0 Å². The molecule has 0 spiro atoms. The zero-order chi connectivity index (χ0) is 11.2. The van der Waals surface area contributed by atoms with Gasteiger partial charge in [-0.3, -0.25) is 0 Å². The average molecular weight is 226 g/mol. The average Bonchev–Trinajstić information content (AvgIpc) is 2.31. The van der Waals surface area contributed by atoms with Gasteiger partial charge in [0.1, 0.15) is 0 Å². The molecule has 2 aliphatic rings. The molecule has 2 saturated heterocycles. The van der Waals surface area contributed by atoms with Crippen LogP contribution in [0.2, 0.25) is 0 Å². The molecule has 0 radical (unpaired) electrons. The van der Waals surface area contributed by atoms with Crippen LogP contribution in [0.5, 0.6) is 0 Å². The van der Waals surface area contributed by atoms with Crippen molar-refractivity contribution in [3.63, 3.8) is 0 Å². The number of likely N-dealkylation sites (tertiary alicyclic amines) is 1. The van der Waals surface area contributed by atoms with E-state index < -0.39 is 0 Å². The van der Waals surface area contributed by atoms with Crippen molar-refractivity contribution >= 4 is 0 Å². The van der Waals surface area contributed by atoms with Gasteiger partial charge in [0, 0.05) is 25.7 Å². The maximum atomic E-state index is 5.56. The third kappa shape index (κ3) is 3.72. The summed E-state index contributed by atoms with van der Waals surface area (Å²) in [6, 6.07) is 0.725. The van der Waals surface area contributed by atoms with Gasteiger partial charge in [0.05, 0.1) is 6.61 Å². The minimum absolute atomic E-state index is 0.725.